The van der Waals surface area contributed by atoms with Crippen LogP contribution in [-0.4, -0.2) is 4.57 Å². The minimum Gasteiger partial charge on any atom is -0.456 e. The second-order valence-electron chi connectivity index (χ2n) is 8.52. The fraction of sp³-hybridized carbons (Fsp3) is 0. The molecule has 3 nitrogen and oxygen atoms in total. The van der Waals surface area contributed by atoms with E-state index >= 15 is 0 Å². The van der Waals surface area contributed by atoms with Gasteiger partial charge in [-0.2, -0.15) is 5.26 Å². The highest BCUT2D eigenvalue weighted by molar-refractivity contribution is 6.14. The van der Waals surface area contributed by atoms with Gasteiger partial charge in [0.1, 0.15) is 11.2 Å². The quantitative estimate of drug-likeness (QED) is 0.275. The minimum absolute atomic E-state index is 0.654. The highest BCUT2D eigenvalue weighted by Crippen LogP contribution is 2.39. The van der Waals surface area contributed by atoms with Crippen LogP contribution in [0.5, 0.6) is 0 Å². The maximum atomic E-state index is 9.18. The molecule has 0 fully saturated rings. The van der Waals surface area contributed by atoms with Crippen molar-refractivity contribution in [2.45, 2.75) is 0 Å². The van der Waals surface area contributed by atoms with E-state index in [9.17, 15) is 5.26 Å². The Hall–Kier alpha value is -4.81. The Morgan fingerprint density at radius 2 is 1.32 bits per heavy atom. The summed E-state index contributed by atoms with van der Waals surface area (Å²) in [5.74, 6) is 0. The highest BCUT2D eigenvalue weighted by Gasteiger charge is 2.16. The third-order valence-electron chi connectivity index (χ3n) is 6.64. The summed E-state index contributed by atoms with van der Waals surface area (Å²) in [6.45, 7) is 0. The zero-order valence-corrected chi connectivity index (χ0v) is 18.2. The third kappa shape index (κ3) is 2.63. The van der Waals surface area contributed by atoms with E-state index in [1.54, 1.807) is 0 Å². The van der Waals surface area contributed by atoms with Gasteiger partial charge < -0.3 is 8.98 Å². The number of nitriles is 1. The SMILES string of the molecule is N#Cc1ccc(-c2cccc3oc4ccc(-n5c6ccccc6c6ccccc65)cc4c23)cc1. The Morgan fingerprint density at radius 1 is 0.618 bits per heavy atom. The van der Waals surface area contributed by atoms with Gasteiger partial charge in [-0.3, -0.25) is 0 Å². The molecule has 0 N–H and O–H groups in total. The number of aromatic nitrogens is 1. The number of nitrogens with zero attached hydrogens (tertiary/aromatic N) is 2. The van der Waals surface area contributed by atoms with Crippen molar-refractivity contribution in [1.82, 2.24) is 4.57 Å². The van der Waals surface area contributed by atoms with Crippen LogP contribution in [-0.2, 0) is 0 Å². The lowest BCUT2D eigenvalue weighted by Crippen LogP contribution is -1.93. The van der Waals surface area contributed by atoms with Gasteiger partial charge in [-0.15, -0.1) is 0 Å². The number of hydrogen-bond donors (Lipinski definition) is 0. The molecule has 7 rings (SSSR count). The topological polar surface area (TPSA) is 41.9 Å². The molecule has 0 spiro atoms. The van der Waals surface area contributed by atoms with Gasteiger partial charge in [0.05, 0.1) is 22.7 Å². The van der Waals surface area contributed by atoms with Crippen LogP contribution in [0, 0.1) is 11.3 Å². The van der Waals surface area contributed by atoms with Crippen molar-refractivity contribution >= 4 is 43.7 Å². The van der Waals surface area contributed by atoms with E-state index in [-0.39, 0.29) is 0 Å². The smallest absolute Gasteiger partial charge is 0.136 e. The summed E-state index contributed by atoms with van der Waals surface area (Å²) < 4.78 is 8.57. The number of para-hydroxylation sites is 2. The van der Waals surface area contributed by atoms with Gasteiger partial charge in [-0.25, -0.2) is 0 Å². The minimum atomic E-state index is 0.654. The molecule has 3 heteroatoms. The first-order valence-electron chi connectivity index (χ1n) is 11.3. The van der Waals surface area contributed by atoms with Gasteiger partial charge in [-0.05, 0) is 59.7 Å². The predicted molar refractivity (Wildman–Crippen MR) is 138 cm³/mol. The van der Waals surface area contributed by atoms with E-state index in [0.29, 0.717) is 5.56 Å². The molecule has 2 aromatic heterocycles. The standard InChI is InChI=1S/C31H18N2O/c32-19-20-12-14-21(15-13-20)23-8-5-11-30-31(23)26-18-22(16-17-29(26)34-30)33-27-9-3-1-6-24(27)25-7-2-4-10-28(25)33/h1-18H. The van der Waals surface area contributed by atoms with Crippen LogP contribution in [0.15, 0.2) is 114 Å². The first-order valence-corrected chi connectivity index (χ1v) is 11.3. The summed E-state index contributed by atoms with van der Waals surface area (Å²) in [4.78, 5) is 0. The number of hydrogen-bond acceptors (Lipinski definition) is 2. The van der Waals surface area contributed by atoms with E-state index < -0.39 is 0 Å². The van der Waals surface area contributed by atoms with Crippen molar-refractivity contribution in [2.75, 3.05) is 0 Å². The average molecular weight is 434 g/mol. The average Bonchev–Trinajstić information content (AvgIpc) is 3.44. The fourth-order valence-corrected chi connectivity index (χ4v) is 5.12. The van der Waals surface area contributed by atoms with Crippen LogP contribution in [0.4, 0.5) is 0 Å². The Balaban J connectivity index is 1.54. The van der Waals surface area contributed by atoms with E-state index in [1.165, 1.54) is 21.8 Å². The molecule has 158 valence electrons. The number of furan rings is 1. The molecule has 2 heterocycles. The lowest BCUT2D eigenvalue weighted by Gasteiger charge is -2.08. The lowest BCUT2D eigenvalue weighted by atomic mass is 9.98. The summed E-state index contributed by atoms with van der Waals surface area (Å²) >= 11 is 0. The third-order valence-corrected chi connectivity index (χ3v) is 6.64. The summed E-state index contributed by atoms with van der Waals surface area (Å²) in [6, 6.07) is 39.6. The van der Waals surface area contributed by atoms with E-state index in [2.05, 4.69) is 83.4 Å². The zero-order chi connectivity index (χ0) is 22.6. The molecule has 0 aliphatic heterocycles. The highest BCUT2D eigenvalue weighted by atomic mass is 16.3. The van der Waals surface area contributed by atoms with E-state index in [0.717, 1.165) is 38.8 Å². The largest absolute Gasteiger partial charge is 0.456 e. The van der Waals surface area contributed by atoms with Gasteiger partial charge in [-0.1, -0.05) is 60.7 Å². The molecule has 7 aromatic rings. The Morgan fingerprint density at radius 3 is 2.03 bits per heavy atom. The second-order valence-corrected chi connectivity index (χ2v) is 8.52. The molecule has 0 unspecified atom stereocenters. The normalized spacial score (nSPS) is 11.5. The van der Waals surface area contributed by atoms with Crippen LogP contribution in [0.3, 0.4) is 0 Å². The summed E-state index contributed by atoms with van der Waals surface area (Å²) in [6.07, 6.45) is 0. The van der Waals surface area contributed by atoms with Crippen LogP contribution < -0.4 is 0 Å². The fourth-order valence-electron chi connectivity index (χ4n) is 5.12. The molecule has 0 saturated carbocycles. The summed E-state index contributed by atoms with van der Waals surface area (Å²) in [5.41, 5.74) is 8.00. The number of rotatable bonds is 2. The molecule has 0 radical (unpaired) electrons. The molecule has 5 aromatic carbocycles. The van der Waals surface area contributed by atoms with Crippen LogP contribution in [0.25, 0.3) is 60.6 Å². The molecule has 0 saturated heterocycles. The van der Waals surface area contributed by atoms with Gasteiger partial charge in [0.15, 0.2) is 0 Å². The molecule has 0 atom stereocenters. The lowest BCUT2D eigenvalue weighted by molar-refractivity contribution is 0.669. The number of fused-ring (bicyclic) bond motifs is 6. The second kappa shape index (κ2) is 7.10. The molecule has 0 aliphatic carbocycles. The van der Waals surface area contributed by atoms with Crippen molar-refractivity contribution in [3.63, 3.8) is 0 Å². The summed E-state index contributed by atoms with van der Waals surface area (Å²) in [7, 11) is 0. The van der Waals surface area contributed by atoms with Gasteiger partial charge in [0, 0.05) is 27.2 Å². The molecule has 0 amide bonds. The van der Waals surface area contributed by atoms with Crippen molar-refractivity contribution in [3.8, 4) is 22.9 Å². The van der Waals surface area contributed by atoms with Crippen molar-refractivity contribution in [3.05, 3.63) is 115 Å². The van der Waals surface area contributed by atoms with Gasteiger partial charge >= 0.3 is 0 Å². The van der Waals surface area contributed by atoms with Crippen LogP contribution in [0.2, 0.25) is 0 Å². The molecular formula is C31H18N2O. The van der Waals surface area contributed by atoms with Crippen molar-refractivity contribution < 1.29 is 4.42 Å². The molecule has 0 bridgehead atoms. The first-order chi connectivity index (χ1) is 16.8. The van der Waals surface area contributed by atoms with Gasteiger partial charge in [0.25, 0.3) is 0 Å². The zero-order valence-electron chi connectivity index (χ0n) is 18.2. The van der Waals surface area contributed by atoms with E-state index in [4.69, 9.17) is 4.42 Å². The van der Waals surface area contributed by atoms with Crippen molar-refractivity contribution in [1.29, 1.82) is 5.26 Å². The number of benzene rings is 5. The molecular weight excluding hydrogens is 416 g/mol. The summed E-state index contributed by atoms with van der Waals surface area (Å²) in [5, 5.41) is 13.8. The Bertz CT molecular complexity index is 1860. The molecule has 0 aliphatic rings. The maximum Gasteiger partial charge on any atom is 0.136 e. The van der Waals surface area contributed by atoms with Crippen LogP contribution in [0.1, 0.15) is 5.56 Å². The Labute approximate surface area is 195 Å². The van der Waals surface area contributed by atoms with Crippen LogP contribution >= 0.6 is 0 Å². The van der Waals surface area contributed by atoms with Gasteiger partial charge in [0.2, 0.25) is 0 Å². The maximum absolute atomic E-state index is 9.18. The Kier molecular flexibility index (Phi) is 3.91. The molecule has 34 heavy (non-hydrogen) atoms. The monoisotopic (exact) mass is 434 g/mol. The van der Waals surface area contributed by atoms with Crippen molar-refractivity contribution in [2.24, 2.45) is 0 Å². The first kappa shape index (κ1) is 18.7. The van der Waals surface area contributed by atoms with E-state index in [1.807, 2.05) is 36.4 Å². The predicted octanol–water partition coefficient (Wildman–Crippen LogP) is 8.22.